The third kappa shape index (κ3) is 3.18. The van der Waals surface area contributed by atoms with Crippen LogP contribution >= 0.6 is 11.6 Å². The molecule has 1 atom stereocenters. The Bertz CT molecular complexity index is 413. The molecule has 1 N–H and O–H groups in total. The number of halogens is 1. The van der Waals surface area contributed by atoms with Gasteiger partial charge in [0.1, 0.15) is 0 Å². The number of hydrogen-bond acceptors (Lipinski definition) is 3. The molecule has 0 amide bonds. The number of hydrogen-bond donors (Lipinski definition) is 1. The Morgan fingerprint density at radius 1 is 1.35 bits per heavy atom. The van der Waals surface area contributed by atoms with Crippen LogP contribution in [0, 0.1) is 0 Å². The lowest BCUT2D eigenvalue weighted by Crippen LogP contribution is -2.45. The highest BCUT2D eigenvalue weighted by atomic mass is 35.5. The van der Waals surface area contributed by atoms with Gasteiger partial charge in [-0.25, -0.2) is 0 Å². The monoisotopic (exact) mass is 301 g/mol. The second-order valence-corrected chi connectivity index (χ2v) is 5.75. The quantitative estimate of drug-likeness (QED) is 0.789. The maximum Gasteiger partial charge on any atom is 0.0886 e. The van der Waals surface area contributed by atoms with Gasteiger partial charge in [-0.3, -0.25) is 4.68 Å². The van der Waals surface area contributed by atoms with Crippen LogP contribution in [0.3, 0.4) is 0 Å². The van der Waals surface area contributed by atoms with Crippen molar-refractivity contribution < 1.29 is 4.74 Å². The van der Waals surface area contributed by atoms with Gasteiger partial charge < -0.3 is 10.1 Å². The molecule has 0 saturated carbocycles. The average molecular weight is 302 g/mol. The van der Waals surface area contributed by atoms with E-state index in [1.807, 2.05) is 18.7 Å². The molecule has 5 heteroatoms. The van der Waals surface area contributed by atoms with Gasteiger partial charge in [-0.2, -0.15) is 5.10 Å². The van der Waals surface area contributed by atoms with E-state index in [-0.39, 0.29) is 17.7 Å². The van der Waals surface area contributed by atoms with E-state index in [4.69, 9.17) is 16.3 Å². The minimum atomic E-state index is -0.264. The zero-order valence-corrected chi connectivity index (χ0v) is 14.3. The molecule has 0 fully saturated rings. The van der Waals surface area contributed by atoms with Gasteiger partial charge in [-0.15, -0.1) is 0 Å². The standard InChI is InChI=1S/C15H28ClN3O/c1-7-15(8-2,20-9-3)14(17-6)13-12(16)10-18-19(13)11(4)5/h10-11,14,17H,7-9H2,1-6H3. The lowest BCUT2D eigenvalue weighted by atomic mass is 9.86. The Kier molecular flexibility index (Phi) is 6.49. The molecule has 0 bridgehead atoms. The van der Waals surface area contributed by atoms with Gasteiger partial charge in [-0.1, -0.05) is 25.4 Å². The first-order chi connectivity index (χ1) is 9.47. The molecule has 1 aromatic heterocycles. The average Bonchev–Trinajstić information content (AvgIpc) is 2.81. The zero-order chi connectivity index (χ0) is 15.3. The van der Waals surface area contributed by atoms with Crippen LogP contribution in [0.15, 0.2) is 6.20 Å². The maximum atomic E-state index is 6.40. The second kappa shape index (κ2) is 7.43. The summed E-state index contributed by atoms with van der Waals surface area (Å²) in [5.74, 6) is 0. The van der Waals surface area contributed by atoms with Gasteiger partial charge in [0.15, 0.2) is 0 Å². The molecule has 0 aliphatic rings. The molecular weight excluding hydrogens is 274 g/mol. The number of nitrogens with zero attached hydrogens (tertiary/aromatic N) is 2. The van der Waals surface area contributed by atoms with Crippen molar-refractivity contribution in [1.82, 2.24) is 15.1 Å². The normalized spacial score (nSPS) is 14.0. The minimum Gasteiger partial charge on any atom is -0.373 e. The molecule has 1 aromatic rings. The molecule has 1 heterocycles. The van der Waals surface area contributed by atoms with Crippen LogP contribution in [0.25, 0.3) is 0 Å². The largest absolute Gasteiger partial charge is 0.373 e. The first kappa shape index (κ1) is 17.5. The highest BCUT2D eigenvalue weighted by Gasteiger charge is 2.40. The minimum absolute atomic E-state index is 0.0230. The zero-order valence-electron chi connectivity index (χ0n) is 13.5. The van der Waals surface area contributed by atoms with E-state index < -0.39 is 0 Å². The third-order valence-electron chi connectivity index (χ3n) is 3.99. The van der Waals surface area contributed by atoms with Crippen LogP contribution in [-0.2, 0) is 4.74 Å². The Hall–Kier alpha value is -0.580. The van der Waals surface area contributed by atoms with Gasteiger partial charge in [0.05, 0.1) is 28.6 Å². The Morgan fingerprint density at radius 3 is 2.35 bits per heavy atom. The summed E-state index contributed by atoms with van der Waals surface area (Å²) >= 11 is 6.40. The fraction of sp³-hybridized carbons (Fsp3) is 0.800. The summed E-state index contributed by atoms with van der Waals surface area (Å²) in [4.78, 5) is 0. The van der Waals surface area contributed by atoms with Gasteiger partial charge in [-0.05, 0) is 40.7 Å². The fourth-order valence-electron chi connectivity index (χ4n) is 2.91. The van der Waals surface area contributed by atoms with Crippen LogP contribution in [0.1, 0.15) is 65.2 Å². The van der Waals surface area contributed by atoms with E-state index in [0.717, 1.165) is 18.5 Å². The van der Waals surface area contributed by atoms with E-state index in [1.165, 1.54) is 0 Å². The van der Waals surface area contributed by atoms with Crippen LogP contribution in [0.2, 0.25) is 5.02 Å². The first-order valence-corrected chi connectivity index (χ1v) is 7.89. The summed E-state index contributed by atoms with van der Waals surface area (Å²) in [5, 5.41) is 8.51. The van der Waals surface area contributed by atoms with Crippen LogP contribution in [0.5, 0.6) is 0 Å². The molecule has 0 aromatic carbocycles. The van der Waals surface area contributed by atoms with Crippen molar-refractivity contribution in [2.75, 3.05) is 13.7 Å². The SMILES string of the molecule is CCOC(CC)(CC)C(NC)c1c(Cl)cnn1C(C)C. The van der Waals surface area contributed by atoms with Gasteiger partial charge in [0.2, 0.25) is 0 Å². The van der Waals surface area contributed by atoms with Crippen molar-refractivity contribution in [3.8, 4) is 0 Å². The predicted molar refractivity (Wildman–Crippen MR) is 84.4 cm³/mol. The van der Waals surface area contributed by atoms with Crippen molar-refractivity contribution >= 4 is 11.6 Å². The number of likely N-dealkylation sites (N-methyl/N-ethyl adjacent to an activating group) is 1. The van der Waals surface area contributed by atoms with Crippen LogP contribution < -0.4 is 5.32 Å². The molecule has 116 valence electrons. The molecule has 0 spiro atoms. The first-order valence-electron chi connectivity index (χ1n) is 7.51. The molecule has 4 nitrogen and oxygen atoms in total. The van der Waals surface area contributed by atoms with Gasteiger partial charge >= 0.3 is 0 Å². The topological polar surface area (TPSA) is 39.1 Å². The lowest BCUT2D eigenvalue weighted by Gasteiger charge is -2.40. The van der Waals surface area contributed by atoms with Crippen LogP contribution in [0.4, 0.5) is 0 Å². The molecule has 0 aliphatic carbocycles. The number of aromatic nitrogens is 2. The number of rotatable bonds is 8. The summed E-state index contributed by atoms with van der Waals surface area (Å²) in [6, 6.07) is 0.288. The molecule has 0 radical (unpaired) electrons. The van der Waals surface area contributed by atoms with E-state index in [0.29, 0.717) is 11.6 Å². The van der Waals surface area contributed by atoms with E-state index in [2.05, 4.69) is 38.1 Å². The maximum absolute atomic E-state index is 6.40. The highest BCUT2D eigenvalue weighted by molar-refractivity contribution is 6.31. The molecular formula is C15H28ClN3O. The third-order valence-corrected chi connectivity index (χ3v) is 4.28. The molecule has 0 aliphatic heterocycles. The molecule has 1 unspecified atom stereocenters. The Balaban J connectivity index is 3.33. The van der Waals surface area contributed by atoms with E-state index in [9.17, 15) is 0 Å². The van der Waals surface area contributed by atoms with Gasteiger partial charge in [0.25, 0.3) is 0 Å². The Labute approximate surface area is 127 Å². The Morgan fingerprint density at radius 2 is 1.95 bits per heavy atom. The number of nitrogens with one attached hydrogen (secondary N) is 1. The smallest absolute Gasteiger partial charge is 0.0886 e. The molecule has 1 rings (SSSR count). The predicted octanol–water partition coefficient (Wildman–Crippen LogP) is 3.97. The summed E-state index contributed by atoms with van der Waals surface area (Å²) in [5.41, 5.74) is 0.751. The second-order valence-electron chi connectivity index (χ2n) is 5.34. The van der Waals surface area contributed by atoms with Crippen molar-refractivity contribution in [3.05, 3.63) is 16.9 Å². The van der Waals surface area contributed by atoms with Crippen LogP contribution in [-0.4, -0.2) is 29.0 Å². The number of ether oxygens (including phenoxy) is 1. The molecule has 20 heavy (non-hydrogen) atoms. The van der Waals surface area contributed by atoms with E-state index >= 15 is 0 Å². The van der Waals surface area contributed by atoms with Crippen molar-refractivity contribution in [2.45, 2.75) is 65.1 Å². The van der Waals surface area contributed by atoms with Crippen molar-refractivity contribution in [1.29, 1.82) is 0 Å². The summed E-state index contributed by atoms with van der Waals surface area (Å²) in [6.07, 6.45) is 3.56. The summed E-state index contributed by atoms with van der Waals surface area (Å²) in [6.45, 7) is 11.3. The fourth-order valence-corrected chi connectivity index (χ4v) is 3.15. The lowest BCUT2D eigenvalue weighted by molar-refractivity contribution is -0.0737. The summed E-state index contributed by atoms with van der Waals surface area (Å²) in [7, 11) is 1.96. The van der Waals surface area contributed by atoms with Gasteiger partial charge in [0, 0.05) is 12.6 Å². The van der Waals surface area contributed by atoms with Crippen molar-refractivity contribution in [2.24, 2.45) is 0 Å². The molecule has 0 saturated heterocycles. The van der Waals surface area contributed by atoms with Crippen molar-refractivity contribution in [3.63, 3.8) is 0 Å². The van der Waals surface area contributed by atoms with E-state index in [1.54, 1.807) is 6.20 Å². The summed E-state index contributed by atoms with van der Waals surface area (Å²) < 4.78 is 8.12. The highest BCUT2D eigenvalue weighted by Crippen LogP contribution is 2.38.